The number of amides is 1. The number of carbonyl (C=O) groups excluding carboxylic acids is 1. The molecule has 2 aliphatic heterocycles. The summed E-state index contributed by atoms with van der Waals surface area (Å²) >= 11 is 0. The van der Waals surface area contributed by atoms with Crippen molar-refractivity contribution in [3.05, 3.63) is 42.5 Å². The lowest BCUT2D eigenvalue weighted by Crippen LogP contribution is -2.57. The number of anilines is 3. The molecule has 5 heterocycles. The molecule has 36 heavy (non-hydrogen) atoms. The van der Waals surface area contributed by atoms with Gasteiger partial charge in [-0.15, -0.1) is 0 Å². The number of rotatable bonds is 5. The normalized spacial score (nSPS) is 24.2. The van der Waals surface area contributed by atoms with E-state index in [1.165, 1.54) is 0 Å². The van der Waals surface area contributed by atoms with Crippen LogP contribution in [0.1, 0.15) is 57.6 Å². The fraction of sp³-hybridized carbons (Fsp3) is 0.500. The molecule has 1 amide bonds. The summed E-state index contributed by atoms with van der Waals surface area (Å²) in [5.41, 5.74) is 2.05. The van der Waals surface area contributed by atoms with Crippen LogP contribution in [0.15, 0.2) is 36.9 Å². The highest BCUT2D eigenvalue weighted by Crippen LogP contribution is 2.45. The van der Waals surface area contributed by atoms with Crippen LogP contribution in [0.25, 0.3) is 11.1 Å². The first kappa shape index (κ1) is 23.1. The standard InChI is InChI=1S/C26H32N8O2/c1-16(2)33-15-19(14-30-33)17-7-8-21(28-12-17)31-25-29-13-18-11-26(9-10-27-23(26)35)24(36)34(22(18)32-25)20-5-3-4-6-20/h7-8,12-16,20,23,27,35H,3-6,9-11H2,1-2H3,(H,28,29,31,32)/t23?,26-/m1/s1. The molecule has 0 radical (unpaired) electrons. The Morgan fingerprint density at radius 3 is 2.64 bits per heavy atom. The number of fused-ring (bicyclic) bond motifs is 1. The lowest BCUT2D eigenvalue weighted by atomic mass is 9.75. The van der Waals surface area contributed by atoms with Crippen molar-refractivity contribution >= 4 is 23.5 Å². The first-order valence-corrected chi connectivity index (χ1v) is 12.8. The van der Waals surface area contributed by atoms with Gasteiger partial charge >= 0.3 is 0 Å². The molecule has 1 saturated carbocycles. The van der Waals surface area contributed by atoms with Crippen molar-refractivity contribution < 1.29 is 9.90 Å². The number of aliphatic hydroxyl groups is 1. The largest absolute Gasteiger partial charge is 0.377 e. The van der Waals surface area contributed by atoms with Gasteiger partial charge in [-0.2, -0.15) is 10.1 Å². The van der Waals surface area contributed by atoms with Gasteiger partial charge in [0.15, 0.2) is 0 Å². The van der Waals surface area contributed by atoms with Gasteiger partial charge in [-0.05, 0) is 58.2 Å². The van der Waals surface area contributed by atoms with E-state index in [0.717, 1.165) is 42.4 Å². The Kier molecular flexibility index (Phi) is 5.72. The van der Waals surface area contributed by atoms with Gasteiger partial charge in [-0.1, -0.05) is 12.8 Å². The first-order chi connectivity index (χ1) is 17.4. The molecule has 1 unspecified atom stereocenters. The number of nitrogens with zero attached hydrogens (tertiary/aromatic N) is 6. The Morgan fingerprint density at radius 1 is 1.14 bits per heavy atom. The quantitative estimate of drug-likeness (QED) is 0.501. The minimum absolute atomic E-state index is 0.0199. The lowest BCUT2D eigenvalue weighted by molar-refractivity contribution is -0.135. The van der Waals surface area contributed by atoms with E-state index in [1.54, 1.807) is 12.4 Å². The van der Waals surface area contributed by atoms with Crippen LogP contribution in [0.5, 0.6) is 0 Å². The number of hydrogen-bond donors (Lipinski definition) is 3. The Morgan fingerprint density at radius 2 is 1.97 bits per heavy atom. The van der Waals surface area contributed by atoms with Crippen molar-refractivity contribution in [2.75, 3.05) is 16.8 Å². The maximum absolute atomic E-state index is 13.8. The van der Waals surface area contributed by atoms with Gasteiger partial charge in [-0.3, -0.25) is 19.7 Å². The van der Waals surface area contributed by atoms with Crippen LogP contribution in [0.2, 0.25) is 0 Å². The molecule has 10 nitrogen and oxygen atoms in total. The Balaban J connectivity index is 1.27. The van der Waals surface area contributed by atoms with Crippen molar-refractivity contribution in [2.45, 2.75) is 70.7 Å². The number of carbonyl (C=O) groups is 1. The van der Waals surface area contributed by atoms with Gasteiger partial charge < -0.3 is 10.4 Å². The fourth-order valence-electron chi connectivity index (χ4n) is 5.74. The van der Waals surface area contributed by atoms with E-state index in [9.17, 15) is 9.90 Å². The zero-order valence-electron chi connectivity index (χ0n) is 20.7. The molecule has 188 valence electrons. The van der Waals surface area contributed by atoms with Crippen molar-refractivity contribution in [3.63, 3.8) is 0 Å². The second-order valence-corrected chi connectivity index (χ2v) is 10.5. The second kappa shape index (κ2) is 8.94. The molecule has 3 N–H and O–H groups in total. The smallest absolute Gasteiger partial charge is 0.239 e. The Hall–Kier alpha value is -3.37. The highest BCUT2D eigenvalue weighted by atomic mass is 16.3. The van der Waals surface area contributed by atoms with Crippen molar-refractivity contribution in [1.29, 1.82) is 0 Å². The predicted molar refractivity (Wildman–Crippen MR) is 136 cm³/mol. The van der Waals surface area contributed by atoms with Gasteiger partial charge in [0, 0.05) is 47.4 Å². The summed E-state index contributed by atoms with van der Waals surface area (Å²) < 4.78 is 1.92. The van der Waals surface area contributed by atoms with Crippen molar-refractivity contribution in [3.8, 4) is 11.1 Å². The van der Waals surface area contributed by atoms with Crippen LogP contribution in [0, 0.1) is 5.41 Å². The van der Waals surface area contributed by atoms with E-state index in [0.29, 0.717) is 43.0 Å². The zero-order chi connectivity index (χ0) is 24.9. The highest BCUT2D eigenvalue weighted by Gasteiger charge is 2.55. The number of nitrogens with one attached hydrogen (secondary N) is 2. The maximum atomic E-state index is 13.8. The average molecular weight is 489 g/mol. The minimum Gasteiger partial charge on any atom is -0.377 e. The van der Waals surface area contributed by atoms with Crippen molar-refractivity contribution in [2.24, 2.45) is 5.41 Å². The molecule has 0 aromatic carbocycles. The molecule has 3 aromatic rings. The summed E-state index contributed by atoms with van der Waals surface area (Å²) in [5, 5.41) is 21.4. The van der Waals surface area contributed by atoms with E-state index < -0.39 is 11.6 Å². The molecule has 2 fully saturated rings. The van der Waals surface area contributed by atoms with Gasteiger partial charge in [-0.25, -0.2) is 9.97 Å². The van der Waals surface area contributed by atoms with E-state index in [1.807, 2.05) is 34.1 Å². The number of aliphatic hydroxyl groups excluding tert-OH is 1. The first-order valence-electron chi connectivity index (χ1n) is 12.8. The molecule has 0 bridgehead atoms. The molecule has 1 saturated heterocycles. The second-order valence-electron chi connectivity index (χ2n) is 10.5. The summed E-state index contributed by atoms with van der Waals surface area (Å²) in [6.07, 6.45) is 11.7. The zero-order valence-corrected chi connectivity index (χ0v) is 20.7. The molecule has 1 spiro atoms. The third-order valence-electron chi connectivity index (χ3n) is 7.81. The van der Waals surface area contributed by atoms with E-state index >= 15 is 0 Å². The summed E-state index contributed by atoms with van der Waals surface area (Å²) in [6, 6.07) is 4.28. The van der Waals surface area contributed by atoms with Crippen LogP contribution in [-0.4, -0.2) is 54.6 Å². The number of aromatic nitrogens is 5. The third-order valence-corrected chi connectivity index (χ3v) is 7.81. The van der Waals surface area contributed by atoms with Crippen LogP contribution >= 0.6 is 0 Å². The van der Waals surface area contributed by atoms with Crippen LogP contribution in [-0.2, 0) is 11.2 Å². The average Bonchev–Trinajstić information content (AvgIpc) is 3.64. The fourth-order valence-corrected chi connectivity index (χ4v) is 5.74. The maximum Gasteiger partial charge on any atom is 0.239 e. The molecule has 1 aliphatic carbocycles. The Bertz CT molecular complexity index is 1270. The van der Waals surface area contributed by atoms with Crippen molar-refractivity contribution in [1.82, 2.24) is 30.0 Å². The number of pyridine rings is 1. The van der Waals surface area contributed by atoms with Gasteiger partial charge in [0.25, 0.3) is 0 Å². The molecule has 3 aliphatic rings. The summed E-state index contributed by atoms with van der Waals surface area (Å²) in [7, 11) is 0. The van der Waals surface area contributed by atoms with E-state index in [-0.39, 0.29) is 11.9 Å². The topological polar surface area (TPSA) is 121 Å². The summed E-state index contributed by atoms with van der Waals surface area (Å²) in [6.45, 7) is 4.81. The molecule has 2 atom stereocenters. The number of hydrogen-bond acceptors (Lipinski definition) is 8. The third kappa shape index (κ3) is 3.84. The Labute approximate surface area is 210 Å². The molecule has 10 heteroatoms. The molecule has 3 aromatic heterocycles. The summed E-state index contributed by atoms with van der Waals surface area (Å²) in [5.74, 6) is 1.66. The SMILES string of the molecule is CC(C)n1cc(-c2ccc(Nc3ncc4c(n3)N(C3CCCC3)C(=O)[C@]3(CCNC3O)C4)nc2)cn1. The highest BCUT2D eigenvalue weighted by molar-refractivity contribution is 6.01. The van der Waals surface area contributed by atoms with E-state index in [2.05, 4.69) is 39.5 Å². The molecular weight excluding hydrogens is 456 g/mol. The molecular formula is C26H32N8O2. The predicted octanol–water partition coefficient (Wildman–Crippen LogP) is 3.19. The van der Waals surface area contributed by atoms with Crippen LogP contribution in [0.4, 0.5) is 17.6 Å². The van der Waals surface area contributed by atoms with Crippen LogP contribution in [0.3, 0.4) is 0 Å². The lowest BCUT2D eigenvalue weighted by Gasteiger charge is -2.43. The van der Waals surface area contributed by atoms with Gasteiger partial charge in [0.05, 0.1) is 11.6 Å². The van der Waals surface area contributed by atoms with Gasteiger partial charge in [0.2, 0.25) is 11.9 Å². The van der Waals surface area contributed by atoms with E-state index in [4.69, 9.17) is 4.98 Å². The minimum atomic E-state index is -0.852. The summed E-state index contributed by atoms with van der Waals surface area (Å²) in [4.78, 5) is 29.6. The van der Waals surface area contributed by atoms with Crippen LogP contribution < -0.4 is 15.5 Å². The molecule has 6 rings (SSSR count). The van der Waals surface area contributed by atoms with Gasteiger partial charge in [0.1, 0.15) is 17.9 Å². The monoisotopic (exact) mass is 488 g/mol.